The van der Waals surface area contributed by atoms with Gasteiger partial charge in [-0.05, 0) is 38.3 Å². The van der Waals surface area contributed by atoms with E-state index in [2.05, 4.69) is 40.7 Å². The van der Waals surface area contributed by atoms with E-state index in [0.29, 0.717) is 19.1 Å². The second kappa shape index (κ2) is 11.8. The molecule has 1 unspecified atom stereocenters. The van der Waals surface area contributed by atoms with Gasteiger partial charge in [-0.15, -0.1) is 0 Å². The van der Waals surface area contributed by atoms with Crippen LogP contribution in [0.3, 0.4) is 0 Å². The number of guanidine groups is 1. The molecule has 26 heavy (non-hydrogen) atoms. The largest absolute Gasteiger partial charge is 0.494 e. The average Bonchev–Trinajstić information content (AvgIpc) is 3.15. The highest BCUT2D eigenvalue weighted by molar-refractivity contribution is 5.79. The van der Waals surface area contributed by atoms with Gasteiger partial charge in [0.05, 0.1) is 19.8 Å². The van der Waals surface area contributed by atoms with Gasteiger partial charge in [-0.25, -0.2) is 0 Å². The van der Waals surface area contributed by atoms with E-state index in [9.17, 15) is 0 Å². The fraction of sp³-hybridized carbons (Fsp3) is 0.650. The summed E-state index contributed by atoms with van der Waals surface area (Å²) < 4.78 is 16.8. The number of aliphatic imine (C=N–C) groups is 1. The van der Waals surface area contributed by atoms with Crippen molar-refractivity contribution < 1.29 is 14.2 Å². The highest BCUT2D eigenvalue weighted by Crippen LogP contribution is 2.20. The fourth-order valence-electron chi connectivity index (χ4n) is 2.84. The third-order valence-electron chi connectivity index (χ3n) is 4.33. The first kappa shape index (κ1) is 20.5. The van der Waals surface area contributed by atoms with Crippen molar-refractivity contribution in [3.8, 4) is 5.75 Å². The predicted octanol–water partition coefficient (Wildman–Crippen LogP) is 2.50. The molecule has 0 spiro atoms. The van der Waals surface area contributed by atoms with E-state index < -0.39 is 0 Å². The summed E-state index contributed by atoms with van der Waals surface area (Å²) >= 11 is 0. The van der Waals surface area contributed by atoms with Crippen LogP contribution < -0.4 is 15.4 Å². The molecule has 0 saturated carbocycles. The van der Waals surface area contributed by atoms with Gasteiger partial charge in [0, 0.05) is 44.8 Å². The second-order valence-electron chi connectivity index (χ2n) is 6.55. The first-order chi connectivity index (χ1) is 12.7. The third-order valence-corrected chi connectivity index (χ3v) is 4.33. The van der Waals surface area contributed by atoms with E-state index in [1.165, 1.54) is 5.56 Å². The molecule has 1 saturated heterocycles. The first-order valence-electron chi connectivity index (χ1n) is 9.55. The lowest BCUT2D eigenvalue weighted by Crippen LogP contribution is -2.37. The maximum Gasteiger partial charge on any atom is 0.191 e. The van der Waals surface area contributed by atoms with E-state index >= 15 is 0 Å². The Hall–Kier alpha value is -1.79. The number of hydrogen-bond acceptors (Lipinski definition) is 4. The van der Waals surface area contributed by atoms with Crippen molar-refractivity contribution in [1.82, 2.24) is 10.6 Å². The number of hydrogen-bond donors (Lipinski definition) is 2. The monoisotopic (exact) mass is 363 g/mol. The van der Waals surface area contributed by atoms with Crippen LogP contribution in [0.25, 0.3) is 0 Å². The first-order valence-corrected chi connectivity index (χ1v) is 9.55. The van der Waals surface area contributed by atoms with Crippen LogP contribution in [-0.4, -0.2) is 52.6 Å². The SMILES string of the molecule is CCOc1cc(C)ccc1CNC(=NC)NCCCOCC1CCOC1. The minimum Gasteiger partial charge on any atom is -0.494 e. The van der Waals surface area contributed by atoms with Crippen LogP contribution in [0.15, 0.2) is 23.2 Å². The average molecular weight is 364 g/mol. The molecule has 0 radical (unpaired) electrons. The van der Waals surface area contributed by atoms with Crippen LogP contribution in [0.1, 0.15) is 30.9 Å². The van der Waals surface area contributed by atoms with Crippen molar-refractivity contribution in [3.63, 3.8) is 0 Å². The molecule has 146 valence electrons. The van der Waals surface area contributed by atoms with Crippen molar-refractivity contribution in [3.05, 3.63) is 29.3 Å². The minimum atomic E-state index is 0.575. The molecule has 1 heterocycles. The number of nitrogens with one attached hydrogen (secondary N) is 2. The molecular weight excluding hydrogens is 330 g/mol. The number of benzene rings is 1. The summed E-state index contributed by atoms with van der Waals surface area (Å²) in [5, 5.41) is 6.67. The zero-order chi connectivity index (χ0) is 18.6. The smallest absolute Gasteiger partial charge is 0.191 e. The molecular formula is C20H33N3O3. The van der Waals surface area contributed by atoms with Crippen LogP contribution in [0.4, 0.5) is 0 Å². The summed E-state index contributed by atoms with van der Waals surface area (Å²) in [5.41, 5.74) is 2.33. The highest BCUT2D eigenvalue weighted by Gasteiger charge is 2.15. The zero-order valence-electron chi connectivity index (χ0n) is 16.3. The van der Waals surface area contributed by atoms with Gasteiger partial charge in [0.2, 0.25) is 0 Å². The zero-order valence-corrected chi connectivity index (χ0v) is 16.3. The topological polar surface area (TPSA) is 64.1 Å². The lowest BCUT2D eigenvalue weighted by Gasteiger charge is -2.15. The molecule has 1 aromatic rings. The molecule has 1 aliphatic heterocycles. The van der Waals surface area contributed by atoms with Crippen molar-refractivity contribution in [2.75, 3.05) is 46.6 Å². The number of nitrogens with zero attached hydrogens (tertiary/aromatic N) is 1. The van der Waals surface area contributed by atoms with Crippen LogP contribution in [0.5, 0.6) is 5.75 Å². The van der Waals surface area contributed by atoms with Gasteiger partial charge in [-0.1, -0.05) is 12.1 Å². The summed E-state index contributed by atoms with van der Waals surface area (Å²) in [6.07, 6.45) is 2.07. The Morgan fingerprint density at radius 2 is 2.23 bits per heavy atom. The lowest BCUT2D eigenvalue weighted by molar-refractivity contribution is 0.0888. The third kappa shape index (κ3) is 7.22. The second-order valence-corrected chi connectivity index (χ2v) is 6.55. The van der Waals surface area contributed by atoms with Crippen LogP contribution in [-0.2, 0) is 16.0 Å². The number of rotatable bonds is 10. The Kier molecular flexibility index (Phi) is 9.28. The molecule has 1 fully saturated rings. The maximum atomic E-state index is 5.73. The molecule has 0 amide bonds. The van der Waals surface area contributed by atoms with E-state index in [4.69, 9.17) is 14.2 Å². The highest BCUT2D eigenvalue weighted by atomic mass is 16.5. The molecule has 1 aliphatic rings. The van der Waals surface area contributed by atoms with Crippen molar-refractivity contribution in [1.29, 1.82) is 0 Å². The standard InChI is InChI=1S/C20H33N3O3/c1-4-26-19-12-16(2)6-7-18(19)13-23-20(21-3)22-9-5-10-24-14-17-8-11-25-15-17/h6-7,12,17H,4-5,8-11,13-15H2,1-3H3,(H2,21,22,23). The molecule has 0 aliphatic carbocycles. The van der Waals surface area contributed by atoms with Gasteiger partial charge < -0.3 is 24.8 Å². The Labute approximate surface area is 157 Å². The lowest BCUT2D eigenvalue weighted by atomic mass is 10.1. The van der Waals surface area contributed by atoms with Gasteiger partial charge in [0.25, 0.3) is 0 Å². The molecule has 0 bridgehead atoms. The van der Waals surface area contributed by atoms with Crippen LogP contribution in [0, 0.1) is 12.8 Å². The molecule has 1 atom stereocenters. The van der Waals surface area contributed by atoms with Crippen molar-refractivity contribution in [2.24, 2.45) is 10.9 Å². The van der Waals surface area contributed by atoms with Gasteiger partial charge >= 0.3 is 0 Å². The Morgan fingerprint density at radius 3 is 2.96 bits per heavy atom. The summed E-state index contributed by atoms with van der Waals surface area (Å²) in [4.78, 5) is 4.27. The summed E-state index contributed by atoms with van der Waals surface area (Å²) in [6, 6.07) is 6.27. The van der Waals surface area contributed by atoms with Gasteiger partial charge in [-0.3, -0.25) is 4.99 Å². The van der Waals surface area contributed by atoms with Gasteiger partial charge in [0.15, 0.2) is 5.96 Å². The van der Waals surface area contributed by atoms with Crippen LogP contribution in [0.2, 0.25) is 0 Å². The molecule has 6 heteroatoms. The quantitative estimate of drug-likeness (QED) is 0.380. The van der Waals surface area contributed by atoms with Crippen molar-refractivity contribution in [2.45, 2.75) is 33.2 Å². The molecule has 6 nitrogen and oxygen atoms in total. The van der Waals surface area contributed by atoms with E-state index in [1.807, 2.05) is 6.92 Å². The van der Waals surface area contributed by atoms with Gasteiger partial charge in [0.1, 0.15) is 5.75 Å². The minimum absolute atomic E-state index is 0.575. The van der Waals surface area contributed by atoms with Crippen LogP contribution >= 0.6 is 0 Å². The normalized spacial score (nSPS) is 17.3. The fourth-order valence-corrected chi connectivity index (χ4v) is 2.84. The van der Waals surface area contributed by atoms with E-state index in [0.717, 1.165) is 63.1 Å². The Balaban J connectivity index is 1.64. The number of ether oxygens (including phenoxy) is 3. The van der Waals surface area contributed by atoms with E-state index in [1.54, 1.807) is 7.05 Å². The molecule has 2 N–H and O–H groups in total. The van der Waals surface area contributed by atoms with Gasteiger partial charge in [-0.2, -0.15) is 0 Å². The maximum absolute atomic E-state index is 5.73. The number of aryl methyl sites for hydroxylation is 1. The molecule has 0 aromatic heterocycles. The molecule has 1 aromatic carbocycles. The summed E-state index contributed by atoms with van der Waals surface area (Å²) in [7, 11) is 1.78. The van der Waals surface area contributed by atoms with Crippen molar-refractivity contribution >= 4 is 5.96 Å². The Morgan fingerprint density at radius 1 is 1.35 bits per heavy atom. The predicted molar refractivity (Wildman–Crippen MR) is 105 cm³/mol. The van der Waals surface area contributed by atoms with E-state index in [-0.39, 0.29) is 0 Å². The summed E-state index contributed by atoms with van der Waals surface area (Å²) in [5.74, 6) is 2.29. The summed E-state index contributed by atoms with van der Waals surface area (Å²) in [6.45, 7) is 9.52. The Bertz CT molecular complexity index is 557. The molecule has 2 rings (SSSR count).